The van der Waals surface area contributed by atoms with Crippen LogP contribution >= 0.6 is 11.6 Å². The molecular weight excluding hydrogens is 274 g/mol. The molecule has 1 fully saturated rings. The maximum absolute atomic E-state index is 6.40. The van der Waals surface area contributed by atoms with Gasteiger partial charge >= 0.3 is 0 Å². The molecule has 3 unspecified atom stereocenters. The predicted molar refractivity (Wildman–Crippen MR) is 82.1 cm³/mol. The summed E-state index contributed by atoms with van der Waals surface area (Å²) in [6.07, 6.45) is 5.33. The summed E-state index contributed by atoms with van der Waals surface area (Å²) in [4.78, 5) is 0. The number of ether oxygens (including phenoxy) is 1. The Morgan fingerprint density at radius 1 is 1.50 bits per heavy atom. The van der Waals surface area contributed by atoms with E-state index in [2.05, 4.69) is 31.2 Å². The van der Waals surface area contributed by atoms with Gasteiger partial charge in [0, 0.05) is 19.1 Å². The second kappa shape index (κ2) is 7.43. The molecule has 0 saturated carbocycles. The van der Waals surface area contributed by atoms with Gasteiger partial charge in [0.2, 0.25) is 0 Å². The Hall–Kier alpha value is -0.580. The Kier molecular flexibility index (Phi) is 5.87. The van der Waals surface area contributed by atoms with Crippen LogP contribution in [0.4, 0.5) is 0 Å². The highest BCUT2D eigenvalue weighted by molar-refractivity contribution is 6.31. The number of hydrogen-bond acceptors (Lipinski definition) is 3. The molecule has 0 radical (unpaired) electrons. The van der Waals surface area contributed by atoms with Crippen molar-refractivity contribution in [2.75, 3.05) is 13.2 Å². The van der Waals surface area contributed by atoms with E-state index >= 15 is 0 Å². The molecule has 1 aliphatic rings. The highest BCUT2D eigenvalue weighted by Crippen LogP contribution is 2.37. The minimum absolute atomic E-state index is 0.234. The maximum Gasteiger partial charge on any atom is 0.0834 e. The van der Waals surface area contributed by atoms with E-state index in [1.807, 2.05) is 4.68 Å². The van der Waals surface area contributed by atoms with Crippen molar-refractivity contribution in [1.29, 1.82) is 0 Å². The minimum Gasteiger partial charge on any atom is -0.378 e. The van der Waals surface area contributed by atoms with Crippen LogP contribution in [0.5, 0.6) is 0 Å². The van der Waals surface area contributed by atoms with Crippen molar-refractivity contribution in [2.45, 2.75) is 58.7 Å². The molecule has 0 aliphatic carbocycles. The lowest BCUT2D eigenvalue weighted by atomic mass is 9.89. The van der Waals surface area contributed by atoms with E-state index in [1.165, 1.54) is 0 Å². The van der Waals surface area contributed by atoms with Crippen LogP contribution in [0.1, 0.15) is 51.8 Å². The van der Waals surface area contributed by atoms with Crippen LogP contribution in [0.25, 0.3) is 0 Å². The summed E-state index contributed by atoms with van der Waals surface area (Å²) in [5.41, 5.74) is 1.12. The average Bonchev–Trinajstić information content (AvgIpc) is 3.07. The van der Waals surface area contributed by atoms with Crippen molar-refractivity contribution in [1.82, 2.24) is 15.1 Å². The molecule has 0 bridgehead atoms. The minimum atomic E-state index is 0.234. The summed E-state index contributed by atoms with van der Waals surface area (Å²) in [7, 11) is 0. The Bertz CT molecular complexity index is 421. The molecule has 1 aromatic rings. The summed E-state index contributed by atoms with van der Waals surface area (Å²) in [6.45, 7) is 9.17. The molecule has 1 aliphatic heterocycles. The zero-order valence-electron chi connectivity index (χ0n) is 12.7. The molecule has 3 atom stereocenters. The van der Waals surface area contributed by atoms with Crippen LogP contribution in [0.15, 0.2) is 6.20 Å². The van der Waals surface area contributed by atoms with Gasteiger partial charge in [0.25, 0.3) is 0 Å². The van der Waals surface area contributed by atoms with Gasteiger partial charge < -0.3 is 10.1 Å². The molecule has 1 saturated heterocycles. The fourth-order valence-corrected chi connectivity index (χ4v) is 3.41. The van der Waals surface area contributed by atoms with Crippen LogP contribution in [0.3, 0.4) is 0 Å². The quantitative estimate of drug-likeness (QED) is 0.838. The third kappa shape index (κ3) is 3.18. The number of aromatic nitrogens is 2. The number of nitrogens with zero attached hydrogens (tertiary/aromatic N) is 2. The summed E-state index contributed by atoms with van der Waals surface area (Å²) in [6, 6.07) is 0.234. The van der Waals surface area contributed by atoms with Crippen molar-refractivity contribution in [3.8, 4) is 0 Å². The second-order valence-electron chi connectivity index (χ2n) is 5.40. The summed E-state index contributed by atoms with van der Waals surface area (Å²) < 4.78 is 7.89. The largest absolute Gasteiger partial charge is 0.378 e. The molecule has 114 valence electrons. The van der Waals surface area contributed by atoms with Gasteiger partial charge in [-0.1, -0.05) is 25.4 Å². The average molecular weight is 300 g/mol. The molecule has 4 nitrogen and oxygen atoms in total. The first kappa shape index (κ1) is 15.8. The number of hydrogen-bond donors (Lipinski definition) is 1. The van der Waals surface area contributed by atoms with Gasteiger partial charge in [-0.2, -0.15) is 5.10 Å². The van der Waals surface area contributed by atoms with Gasteiger partial charge in [0.05, 0.1) is 29.1 Å². The third-order valence-corrected chi connectivity index (χ3v) is 4.42. The van der Waals surface area contributed by atoms with E-state index in [0.29, 0.717) is 12.0 Å². The van der Waals surface area contributed by atoms with Crippen molar-refractivity contribution in [3.05, 3.63) is 16.9 Å². The predicted octanol–water partition coefficient (Wildman–Crippen LogP) is 3.41. The third-order valence-electron chi connectivity index (χ3n) is 4.13. The van der Waals surface area contributed by atoms with Gasteiger partial charge in [-0.15, -0.1) is 0 Å². The van der Waals surface area contributed by atoms with Crippen molar-refractivity contribution >= 4 is 11.6 Å². The standard InChI is InChI=1S/C15H26ClN3O/c1-4-8-17-14(11-7-9-20-13(11)5-2)15-12(16)10-18-19(15)6-3/h10-11,13-14,17H,4-9H2,1-3H3. The van der Waals surface area contributed by atoms with E-state index in [1.54, 1.807) is 6.20 Å². The van der Waals surface area contributed by atoms with Gasteiger partial charge in [0.1, 0.15) is 0 Å². The maximum atomic E-state index is 6.40. The highest BCUT2D eigenvalue weighted by Gasteiger charge is 2.36. The smallest absolute Gasteiger partial charge is 0.0834 e. The Balaban J connectivity index is 2.28. The van der Waals surface area contributed by atoms with E-state index in [9.17, 15) is 0 Å². The molecule has 2 heterocycles. The number of nitrogens with one attached hydrogen (secondary N) is 1. The van der Waals surface area contributed by atoms with E-state index in [4.69, 9.17) is 16.3 Å². The van der Waals surface area contributed by atoms with Gasteiger partial charge in [-0.3, -0.25) is 4.68 Å². The summed E-state index contributed by atoms with van der Waals surface area (Å²) in [5.74, 6) is 0.478. The normalized spacial score (nSPS) is 24.2. The fraction of sp³-hybridized carbons (Fsp3) is 0.800. The Morgan fingerprint density at radius 3 is 2.95 bits per heavy atom. The molecule has 5 heteroatoms. The Morgan fingerprint density at radius 2 is 2.30 bits per heavy atom. The Labute approximate surface area is 126 Å². The topological polar surface area (TPSA) is 39.1 Å². The van der Waals surface area contributed by atoms with Crippen LogP contribution in [-0.4, -0.2) is 29.0 Å². The zero-order valence-corrected chi connectivity index (χ0v) is 13.5. The van der Waals surface area contributed by atoms with Gasteiger partial charge in [-0.25, -0.2) is 0 Å². The SMILES string of the molecule is CCCNC(c1c(Cl)cnn1CC)C1CCOC1CC. The number of rotatable bonds is 7. The monoisotopic (exact) mass is 299 g/mol. The van der Waals surface area contributed by atoms with Crippen molar-refractivity contribution < 1.29 is 4.74 Å². The second-order valence-corrected chi connectivity index (χ2v) is 5.80. The zero-order chi connectivity index (χ0) is 14.5. The molecule has 1 aromatic heterocycles. The van der Waals surface area contributed by atoms with E-state index in [-0.39, 0.29) is 6.04 Å². The fourth-order valence-electron chi connectivity index (χ4n) is 3.15. The molecule has 0 spiro atoms. The summed E-state index contributed by atoms with van der Waals surface area (Å²) >= 11 is 6.40. The molecule has 0 aromatic carbocycles. The van der Waals surface area contributed by atoms with Crippen LogP contribution in [0.2, 0.25) is 5.02 Å². The van der Waals surface area contributed by atoms with Crippen LogP contribution < -0.4 is 5.32 Å². The van der Waals surface area contributed by atoms with E-state index < -0.39 is 0 Å². The highest BCUT2D eigenvalue weighted by atomic mass is 35.5. The lowest BCUT2D eigenvalue weighted by molar-refractivity contribution is 0.0764. The first-order valence-electron chi connectivity index (χ1n) is 7.79. The lowest BCUT2D eigenvalue weighted by Crippen LogP contribution is -2.35. The van der Waals surface area contributed by atoms with Gasteiger partial charge in [0.15, 0.2) is 0 Å². The van der Waals surface area contributed by atoms with Crippen molar-refractivity contribution in [3.63, 3.8) is 0 Å². The summed E-state index contributed by atoms with van der Waals surface area (Å²) in [5, 5.41) is 8.82. The first-order valence-corrected chi connectivity index (χ1v) is 8.16. The number of aryl methyl sites for hydroxylation is 1. The first-order chi connectivity index (χ1) is 9.72. The molecule has 1 N–H and O–H groups in total. The molecular formula is C15H26ClN3O. The lowest BCUT2D eigenvalue weighted by Gasteiger charge is -2.29. The van der Waals surface area contributed by atoms with Crippen LogP contribution in [0, 0.1) is 5.92 Å². The van der Waals surface area contributed by atoms with E-state index in [0.717, 1.165) is 49.7 Å². The van der Waals surface area contributed by atoms with Crippen LogP contribution in [-0.2, 0) is 11.3 Å². The molecule has 2 rings (SSSR count). The number of halogens is 1. The molecule has 0 amide bonds. The van der Waals surface area contributed by atoms with Crippen molar-refractivity contribution in [2.24, 2.45) is 5.92 Å². The van der Waals surface area contributed by atoms with Gasteiger partial charge in [-0.05, 0) is 32.7 Å². The molecule has 20 heavy (non-hydrogen) atoms.